The molecule has 90 heavy (non-hydrogen) atoms. The maximum atomic E-state index is 12.9. The van der Waals surface area contributed by atoms with Crippen LogP contribution < -0.4 is 4.89 Å². The number of phosphoric acid groups is 1. The first-order chi connectivity index (χ1) is 44.0. The van der Waals surface area contributed by atoms with Crippen molar-refractivity contribution >= 4 is 19.8 Å². The highest BCUT2D eigenvalue weighted by Crippen LogP contribution is 2.38. The average molecular weight is 1290 g/mol. The summed E-state index contributed by atoms with van der Waals surface area (Å²) in [5.41, 5.74) is 0. The first-order valence-electron chi connectivity index (χ1n) is 40.4. The second-order valence-electron chi connectivity index (χ2n) is 29.1. The van der Waals surface area contributed by atoms with Gasteiger partial charge in [-0.25, -0.2) is 0 Å². The third-order valence-electron chi connectivity index (χ3n) is 18.8. The lowest BCUT2D eigenvalue weighted by Gasteiger charge is -2.28. The molecule has 0 aliphatic rings. The first-order valence-corrected chi connectivity index (χ1v) is 41.9. The Morgan fingerprint density at radius 3 is 0.822 bits per heavy atom. The number of quaternary nitrogens is 1. The number of unbranched alkanes of at least 4 members (excludes halogenated alkanes) is 61. The number of ether oxygens (including phenoxy) is 2. The molecule has 536 valence electrons. The van der Waals surface area contributed by atoms with Crippen molar-refractivity contribution in [2.75, 3.05) is 47.5 Å². The molecule has 0 saturated heterocycles. The summed E-state index contributed by atoms with van der Waals surface area (Å²) < 4.78 is 34.4. The van der Waals surface area contributed by atoms with Crippen molar-refractivity contribution in [3.63, 3.8) is 0 Å². The van der Waals surface area contributed by atoms with Crippen molar-refractivity contribution < 1.29 is 42.1 Å². The van der Waals surface area contributed by atoms with Gasteiger partial charge in [0.15, 0.2) is 6.10 Å². The standard InChI is InChI=1S/C80H158NO8P/c1-6-8-10-12-14-16-18-20-22-24-26-28-30-32-34-35-36-37-38-39-40-41-42-43-44-45-47-49-51-53-55-57-59-61-63-65-67-69-71-73-80(83)89-78(77-88-90(84,85)87-75-74-81(3,4)5)76-86-79(82)72-70-68-66-64-62-60-58-56-54-52-50-48-46-33-31-29-27-25-23-21-19-17-15-13-11-9-7-2/h24,26,78H,6-23,25,27-77H2,1-5H3/b26-24-. The lowest BCUT2D eigenvalue weighted by molar-refractivity contribution is -0.870. The third kappa shape index (κ3) is 75.8. The van der Waals surface area contributed by atoms with Gasteiger partial charge in [0.2, 0.25) is 0 Å². The van der Waals surface area contributed by atoms with Crippen LogP contribution in [0.15, 0.2) is 12.2 Å². The van der Waals surface area contributed by atoms with Crippen LogP contribution in [0.4, 0.5) is 0 Å². The van der Waals surface area contributed by atoms with Gasteiger partial charge in [-0.05, 0) is 38.5 Å². The molecule has 9 nitrogen and oxygen atoms in total. The van der Waals surface area contributed by atoms with E-state index in [-0.39, 0.29) is 32.0 Å². The van der Waals surface area contributed by atoms with E-state index in [0.717, 1.165) is 32.1 Å². The van der Waals surface area contributed by atoms with E-state index in [9.17, 15) is 19.0 Å². The highest BCUT2D eigenvalue weighted by Gasteiger charge is 2.22. The van der Waals surface area contributed by atoms with Crippen LogP contribution in [0.5, 0.6) is 0 Å². The number of rotatable bonds is 77. The zero-order valence-electron chi connectivity index (χ0n) is 61.4. The minimum atomic E-state index is -4.64. The van der Waals surface area contributed by atoms with Crippen molar-refractivity contribution in [1.82, 2.24) is 0 Å². The van der Waals surface area contributed by atoms with Gasteiger partial charge in [-0.1, -0.05) is 398 Å². The van der Waals surface area contributed by atoms with Crippen LogP contribution in [0.1, 0.15) is 438 Å². The summed E-state index contributed by atoms with van der Waals surface area (Å²) >= 11 is 0. The summed E-state index contributed by atoms with van der Waals surface area (Å²) in [5, 5.41) is 0. The van der Waals surface area contributed by atoms with Gasteiger partial charge in [-0.2, -0.15) is 0 Å². The van der Waals surface area contributed by atoms with Gasteiger partial charge >= 0.3 is 11.9 Å². The molecule has 0 heterocycles. The molecular formula is C80H158NO8P. The van der Waals surface area contributed by atoms with Gasteiger partial charge in [-0.3, -0.25) is 14.2 Å². The van der Waals surface area contributed by atoms with Crippen LogP contribution >= 0.6 is 7.82 Å². The molecule has 0 saturated carbocycles. The van der Waals surface area contributed by atoms with E-state index in [1.807, 2.05) is 21.1 Å². The molecule has 0 radical (unpaired) electrons. The van der Waals surface area contributed by atoms with E-state index in [4.69, 9.17) is 18.5 Å². The smallest absolute Gasteiger partial charge is 0.306 e. The minimum Gasteiger partial charge on any atom is -0.756 e. The molecule has 0 rings (SSSR count). The summed E-state index contributed by atoms with van der Waals surface area (Å²) in [6.07, 6.45) is 90.7. The lowest BCUT2D eigenvalue weighted by Crippen LogP contribution is -2.37. The van der Waals surface area contributed by atoms with Crippen molar-refractivity contribution in [1.29, 1.82) is 0 Å². The van der Waals surface area contributed by atoms with Gasteiger partial charge in [0, 0.05) is 12.8 Å². The number of phosphoric ester groups is 1. The average Bonchev–Trinajstić information content (AvgIpc) is 3.58. The Kier molecular flexibility index (Phi) is 71.0. The minimum absolute atomic E-state index is 0.0253. The first kappa shape index (κ1) is 88.8. The zero-order valence-corrected chi connectivity index (χ0v) is 62.3. The molecule has 0 aromatic heterocycles. The predicted octanol–water partition coefficient (Wildman–Crippen LogP) is 26.0. The Hall–Kier alpha value is -1.25. The second-order valence-corrected chi connectivity index (χ2v) is 30.6. The quantitative estimate of drug-likeness (QED) is 0.0195. The fourth-order valence-electron chi connectivity index (χ4n) is 12.6. The molecule has 0 amide bonds. The predicted molar refractivity (Wildman–Crippen MR) is 388 cm³/mol. The molecule has 2 atom stereocenters. The van der Waals surface area contributed by atoms with Gasteiger partial charge in [0.25, 0.3) is 7.82 Å². The highest BCUT2D eigenvalue weighted by atomic mass is 31.2. The summed E-state index contributed by atoms with van der Waals surface area (Å²) in [5.74, 6) is -0.802. The normalized spacial score (nSPS) is 13.0. The number of carbonyl (C=O) groups excluding carboxylic acids is 2. The number of allylic oxidation sites excluding steroid dienone is 2. The van der Waals surface area contributed by atoms with Crippen LogP contribution in [0.25, 0.3) is 0 Å². The number of nitrogens with zero attached hydrogens (tertiary/aromatic N) is 1. The number of carbonyl (C=O) groups is 2. The molecule has 0 bridgehead atoms. The maximum Gasteiger partial charge on any atom is 0.306 e. The van der Waals surface area contributed by atoms with Gasteiger partial charge in [-0.15, -0.1) is 0 Å². The number of hydrogen-bond acceptors (Lipinski definition) is 8. The van der Waals surface area contributed by atoms with E-state index in [0.29, 0.717) is 17.4 Å². The Balaban J connectivity index is 3.87. The summed E-state index contributed by atoms with van der Waals surface area (Å²) in [4.78, 5) is 38.2. The summed E-state index contributed by atoms with van der Waals surface area (Å²) in [6.45, 7) is 4.34. The molecule has 0 aromatic carbocycles. The maximum absolute atomic E-state index is 12.9. The van der Waals surface area contributed by atoms with Crippen LogP contribution in [-0.2, 0) is 32.7 Å². The van der Waals surface area contributed by atoms with E-state index in [1.165, 1.54) is 372 Å². The topological polar surface area (TPSA) is 111 Å². The van der Waals surface area contributed by atoms with Crippen LogP contribution in [-0.4, -0.2) is 70.0 Å². The SMILES string of the molecule is CCCCCCCCCC/C=C\CCCCCCCCCCCCCCCCCCCCCCCCCCCCCC(=O)OC(COC(=O)CCCCCCCCCCCCCCCCCCCCCCCCCCCCC)COP(=O)([O-])OCC[N+](C)(C)C. The Morgan fingerprint density at radius 2 is 0.567 bits per heavy atom. The van der Waals surface area contributed by atoms with E-state index >= 15 is 0 Å². The Labute approximate surface area is 562 Å². The van der Waals surface area contributed by atoms with Gasteiger partial charge in [0.1, 0.15) is 19.8 Å². The number of hydrogen-bond donors (Lipinski definition) is 0. The molecule has 0 spiro atoms. The van der Waals surface area contributed by atoms with Gasteiger partial charge < -0.3 is 27.9 Å². The number of esters is 2. The fourth-order valence-corrected chi connectivity index (χ4v) is 13.3. The van der Waals surface area contributed by atoms with E-state index in [1.54, 1.807) is 0 Å². The molecule has 0 aliphatic carbocycles. The number of likely N-dealkylation sites (N-methyl/N-ethyl adjacent to an activating group) is 1. The summed E-state index contributed by atoms with van der Waals surface area (Å²) in [6, 6.07) is 0. The fraction of sp³-hybridized carbons (Fsp3) is 0.950. The lowest BCUT2D eigenvalue weighted by atomic mass is 10.0. The molecule has 0 fully saturated rings. The van der Waals surface area contributed by atoms with E-state index < -0.39 is 26.5 Å². The summed E-state index contributed by atoms with van der Waals surface area (Å²) in [7, 11) is 1.20. The van der Waals surface area contributed by atoms with Crippen LogP contribution in [0.2, 0.25) is 0 Å². The van der Waals surface area contributed by atoms with E-state index in [2.05, 4.69) is 26.0 Å². The molecule has 2 unspecified atom stereocenters. The molecular weight excluding hydrogens is 1130 g/mol. The largest absolute Gasteiger partial charge is 0.756 e. The van der Waals surface area contributed by atoms with Crippen molar-refractivity contribution in [2.45, 2.75) is 444 Å². The molecule has 0 aliphatic heterocycles. The monoisotopic (exact) mass is 1290 g/mol. The highest BCUT2D eigenvalue weighted by molar-refractivity contribution is 7.45. The van der Waals surface area contributed by atoms with Crippen molar-refractivity contribution in [3.8, 4) is 0 Å². The Bertz CT molecular complexity index is 1520. The van der Waals surface area contributed by atoms with Crippen molar-refractivity contribution in [3.05, 3.63) is 12.2 Å². The molecule has 10 heteroatoms. The van der Waals surface area contributed by atoms with Gasteiger partial charge in [0.05, 0.1) is 27.7 Å². The molecule has 0 aromatic rings. The second kappa shape index (κ2) is 72.0. The van der Waals surface area contributed by atoms with Crippen LogP contribution in [0.3, 0.4) is 0 Å². The molecule has 0 N–H and O–H groups in total. The third-order valence-corrected chi connectivity index (χ3v) is 19.7. The van der Waals surface area contributed by atoms with Crippen LogP contribution in [0, 0.1) is 0 Å². The Morgan fingerprint density at radius 1 is 0.333 bits per heavy atom. The van der Waals surface area contributed by atoms with Crippen molar-refractivity contribution in [2.24, 2.45) is 0 Å². The zero-order chi connectivity index (χ0) is 65.5.